The molecule has 2 saturated heterocycles. The molecule has 4 rings (SSSR count). The highest BCUT2D eigenvalue weighted by Gasteiger charge is 2.70. The van der Waals surface area contributed by atoms with Gasteiger partial charge < -0.3 is 9.47 Å². The maximum Gasteiger partial charge on any atom is 0.241 e. The van der Waals surface area contributed by atoms with Gasteiger partial charge in [-0.05, 0) is 26.0 Å². The van der Waals surface area contributed by atoms with E-state index in [-0.39, 0.29) is 11.8 Å². The van der Waals surface area contributed by atoms with Crippen molar-refractivity contribution >= 4 is 17.5 Å². The van der Waals surface area contributed by atoms with E-state index in [9.17, 15) is 9.59 Å². The van der Waals surface area contributed by atoms with E-state index in [0.29, 0.717) is 11.4 Å². The van der Waals surface area contributed by atoms with Crippen LogP contribution in [0.1, 0.15) is 13.8 Å². The molecule has 3 aliphatic heterocycles. The lowest BCUT2D eigenvalue weighted by Gasteiger charge is -2.25. The average Bonchev–Trinajstić information content (AvgIpc) is 3.04. The molecule has 4 atom stereocenters. The fourth-order valence-electron chi connectivity index (χ4n) is 4.04. The van der Waals surface area contributed by atoms with Gasteiger partial charge in [0.05, 0.1) is 35.8 Å². The van der Waals surface area contributed by atoms with Gasteiger partial charge in [-0.1, -0.05) is 18.2 Å². The molecule has 0 radical (unpaired) electrons. The molecule has 2 amide bonds. The summed E-state index contributed by atoms with van der Waals surface area (Å²) in [6.45, 7) is 3.75. The molecule has 1 aromatic carbocycles. The number of nitrogens with zero attached hydrogens (tertiary/aromatic N) is 1. The van der Waals surface area contributed by atoms with Crippen LogP contribution in [0.4, 0.5) is 5.69 Å². The van der Waals surface area contributed by atoms with E-state index in [1.165, 1.54) is 4.90 Å². The Morgan fingerprint density at radius 2 is 1.68 bits per heavy atom. The minimum absolute atomic E-state index is 0.196. The monoisotopic (exact) mass is 299 g/mol. The Bertz CT molecular complexity index is 691. The lowest BCUT2D eigenvalue weighted by atomic mass is 9.73. The Balaban J connectivity index is 1.79. The van der Waals surface area contributed by atoms with Crippen LogP contribution in [-0.2, 0) is 14.3 Å². The highest BCUT2D eigenvalue weighted by atomic mass is 16.5. The fraction of sp³-hybridized carbons (Fsp3) is 0.412. The van der Waals surface area contributed by atoms with Gasteiger partial charge in [0.2, 0.25) is 11.8 Å². The van der Waals surface area contributed by atoms with E-state index < -0.39 is 23.0 Å². The summed E-state index contributed by atoms with van der Waals surface area (Å²) in [6.07, 6.45) is 3.82. The first kappa shape index (κ1) is 13.5. The molecule has 2 bridgehead atoms. The van der Waals surface area contributed by atoms with Crippen LogP contribution in [0.2, 0.25) is 0 Å². The Morgan fingerprint density at radius 3 is 2.23 bits per heavy atom. The number of carbonyl (C=O) groups excluding carboxylic acids is 2. The first-order valence-corrected chi connectivity index (χ1v) is 7.32. The fourth-order valence-corrected chi connectivity index (χ4v) is 4.04. The topological polar surface area (TPSA) is 55.8 Å². The highest BCUT2D eigenvalue weighted by Crippen LogP contribution is 2.57. The second-order valence-electron chi connectivity index (χ2n) is 6.47. The van der Waals surface area contributed by atoms with Crippen LogP contribution >= 0.6 is 0 Å². The second-order valence-corrected chi connectivity index (χ2v) is 6.47. The number of methoxy groups -OCH3 is 1. The van der Waals surface area contributed by atoms with Crippen LogP contribution < -0.4 is 9.64 Å². The van der Waals surface area contributed by atoms with Gasteiger partial charge in [0, 0.05) is 6.07 Å². The van der Waals surface area contributed by atoms with E-state index in [0.717, 1.165) is 0 Å². The molecule has 0 aromatic heterocycles. The quantitative estimate of drug-likeness (QED) is 0.618. The summed E-state index contributed by atoms with van der Waals surface area (Å²) in [5.74, 6) is -0.690. The van der Waals surface area contributed by atoms with Crippen LogP contribution in [0.5, 0.6) is 5.75 Å². The molecule has 5 heteroatoms. The van der Waals surface area contributed by atoms with Gasteiger partial charge in [0.15, 0.2) is 0 Å². The number of carbonyl (C=O) groups is 2. The summed E-state index contributed by atoms with van der Waals surface area (Å²) < 4.78 is 11.2. The molecule has 5 nitrogen and oxygen atoms in total. The number of anilines is 1. The van der Waals surface area contributed by atoms with E-state index in [1.54, 1.807) is 31.4 Å². The van der Waals surface area contributed by atoms with Crippen molar-refractivity contribution < 1.29 is 19.1 Å². The number of hydrogen-bond acceptors (Lipinski definition) is 4. The maximum absolute atomic E-state index is 12.9. The first-order chi connectivity index (χ1) is 10.4. The largest absolute Gasteiger partial charge is 0.497 e. The predicted octanol–water partition coefficient (Wildman–Crippen LogP) is 1.92. The standard InChI is InChI=1S/C17H17NO4/c1-16-7-8-17(2,22-16)13-12(16)14(19)18(15(13)20)10-5-4-6-11(9-10)21-3/h4-9,12-13H,1-3H3/t12-,13+,16-,17-/m1/s1. The van der Waals surface area contributed by atoms with Crippen molar-refractivity contribution in [3.05, 3.63) is 36.4 Å². The predicted molar refractivity (Wildman–Crippen MR) is 79.5 cm³/mol. The molecule has 0 unspecified atom stereocenters. The van der Waals surface area contributed by atoms with Crippen molar-refractivity contribution in [3.8, 4) is 5.75 Å². The van der Waals surface area contributed by atoms with E-state index in [2.05, 4.69) is 0 Å². The number of benzene rings is 1. The van der Waals surface area contributed by atoms with Gasteiger partial charge in [-0.25, -0.2) is 4.90 Å². The average molecular weight is 299 g/mol. The number of fused-ring (bicyclic) bond motifs is 5. The Morgan fingerprint density at radius 1 is 1.09 bits per heavy atom. The number of ether oxygens (including phenoxy) is 2. The Kier molecular flexibility index (Phi) is 2.45. The van der Waals surface area contributed by atoms with Crippen molar-refractivity contribution in [1.29, 1.82) is 0 Å². The van der Waals surface area contributed by atoms with Crippen LogP contribution in [0, 0.1) is 11.8 Å². The van der Waals surface area contributed by atoms with Crippen molar-refractivity contribution in [3.63, 3.8) is 0 Å². The van der Waals surface area contributed by atoms with Gasteiger partial charge in [-0.15, -0.1) is 0 Å². The SMILES string of the molecule is COc1cccc(N2C(=O)[C@@H]3[C@H](C2=O)[C@@]2(C)C=C[C@@]3(C)O2)c1. The summed E-state index contributed by atoms with van der Waals surface area (Å²) in [5.41, 5.74) is -0.838. The molecule has 1 aromatic rings. The molecule has 0 saturated carbocycles. The summed E-state index contributed by atoms with van der Waals surface area (Å²) in [6, 6.07) is 7.01. The van der Waals surface area contributed by atoms with Gasteiger partial charge in [-0.3, -0.25) is 9.59 Å². The van der Waals surface area contributed by atoms with Crippen molar-refractivity contribution in [2.75, 3.05) is 12.0 Å². The molecule has 114 valence electrons. The summed E-state index contributed by atoms with van der Waals surface area (Å²) >= 11 is 0. The summed E-state index contributed by atoms with van der Waals surface area (Å²) in [5, 5.41) is 0. The second kappa shape index (κ2) is 3.98. The van der Waals surface area contributed by atoms with Crippen LogP contribution in [-0.4, -0.2) is 30.1 Å². The molecular weight excluding hydrogens is 282 g/mol. The molecule has 0 aliphatic carbocycles. The maximum atomic E-state index is 12.9. The zero-order valence-electron chi connectivity index (χ0n) is 12.7. The Labute approximate surface area is 128 Å². The first-order valence-electron chi connectivity index (χ1n) is 7.32. The summed E-state index contributed by atoms with van der Waals surface area (Å²) in [7, 11) is 1.56. The van der Waals surface area contributed by atoms with Crippen molar-refractivity contribution in [1.82, 2.24) is 0 Å². The molecule has 3 aliphatic rings. The van der Waals surface area contributed by atoms with Gasteiger partial charge in [-0.2, -0.15) is 0 Å². The lowest BCUT2D eigenvalue weighted by molar-refractivity contribution is -0.128. The number of imide groups is 1. The molecule has 0 N–H and O–H groups in total. The minimum atomic E-state index is -0.695. The number of rotatable bonds is 2. The Hall–Kier alpha value is -2.14. The highest BCUT2D eigenvalue weighted by molar-refractivity contribution is 6.23. The lowest BCUT2D eigenvalue weighted by Crippen LogP contribution is -2.39. The molecule has 0 spiro atoms. The molecular formula is C17H17NO4. The zero-order chi connectivity index (χ0) is 15.7. The zero-order valence-corrected chi connectivity index (χ0v) is 12.7. The molecule has 3 heterocycles. The third-order valence-electron chi connectivity index (χ3n) is 5.04. The third-order valence-corrected chi connectivity index (χ3v) is 5.04. The van der Waals surface area contributed by atoms with Crippen LogP contribution in [0.3, 0.4) is 0 Å². The van der Waals surface area contributed by atoms with E-state index >= 15 is 0 Å². The van der Waals surface area contributed by atoms with E-state index in [4.69, 9.17) is 9.47 Å². The summed E-state index contributed by atoms with van der Waals surface area (Å²) in [4.78, 5) is 27.1. The van der Waals surface area contributed by atoms with Gasteiger partial charge in [0.1, 0.15) is 5.75 Å². The molecule has 22 heavy (non-hydrogen) atoms. The number of amides is 2. The minimum Gasteiger partial charge on any atom is -0.497 e. The normalized spacial score (nSPS) is 38.8. The van der Waals surface area contributed by atoms with Gasteiger partial charge >= 0.3 is 0 Å². The smallest absolute Gasteiger partial charge is 0.241 e. The van der Waals surface area contributed by atoms with E-state index in [1.807, 2.05) is 26.0 Å². The third kappa shape index (κ3) is 1.47. The van der Waals surface area contributed by atoms with Crippen LogP contribution in [0.15, 0.2) is 36.4 Å². The van der Waals surface area contributed by atoms with Crippen molar-refractivity contribution in [2.45, 2.75) is 25.0 Å². The molecule has 2 fully saturated rings. The van der Waals surface area contributed by atoms with Gasteiger partial charge in [0.25, 0.3) is 0 Å². The number of hydrogen-bond donors (Lipinski definition) is 0. The van der Waals surface area contributed by atoms with Crippen molar-refractivity contribution in [2.24, 2.45) is 11.8 Å². The van der Waals surface area contributed by atoms with Crippen LogP contribution in [0.25, 0.3) is 0 Å².